The monoisotopic (exact) mass is 400 g/mol. The van der Waals surface area contributed by atoms with Gasteiger partial charge in [0, 0.05) is 11.6 Å². The summed E-state index contributed by atoms with van der Waals surface area (Å²) in [4.78, 5) is 34.3. The van der Waals surface area contributed by atoms with Gasteiger partial charge in [-0.3, -0.25) is 15.1 Å². The van der Waals surface area contributed by atoms with Crippen molar-refractivity contribution in [2.75, 3.05) is 5.32 Å². The van der Waals surface area contributed by atoms with Crippen molar-refractivity contribution in [1.82, 2.24) is 15.0 Å². The number of nitrogens with one attached hydrogen (secondary N) is 2. The van der Waals surface area contributed by atoms with Gasteiger partial charge in [0.2, 0.25) is 5.95 Å². The van der Waals surface area contributed by atoms with E-state index in [1.807, 2.05) is 12.1 Å². The molecule has 0 aliphatic rings. The van der Waals surface area contributed by atoms with Crippen LogP contribution in [0.2, 0.25) is 0 Å². The molecule has 0 saturated heterocycles. The van der Waals surface area contributed by atoms with Gasteiger partial charge in [-0.05, 0) is 23.6 Å². The third-order valence-electron chi connectivity index (χ3n) is 4.24. The van der Waals surface area contributed by atoms with Crippen LogP contribution in [0, 0.1) is 0 Å². The van der Waals surface area contributed by atoms with Gasteiger partial charge in [-0.25, -0.2) is 9.78 Å². The molecule has 0 bridgehead atoms. The predicted octanol–water partition coefficient (Wildman–Crippen LogP) is 4.08. The number of aromatic carboxylic acids is 1. The highest BCUT2D eigenvalue weighted by molar-refractivity contribution is 6.06. The van der Waals surface area contributed by atoms with Crippen LogP contribution in [0.5, 0.6) is 0 Å². The number of carbonyl (C=O) groups excluding carboxylic acids is 1. The minimum absolute atomic E-state index is 0.0681. The molecule has 0 saturated carbocycles. The fourth-order valence-electron chi connectivity index (χ4n) is 2.88. The highest BCUT2D eigenvalue weighted by Crippen LogP contribution is 2.33. The van der Waals surface area contributed by atoms with Gasteiger partial charge in [-0.2, -0.15) is 13.2 Å². The molecule has 2 aromatic heterocycles. The molecule has 4 aromatic rings. The maximum atomic E-state index is 13.0. The minimum atomic E-state index is -4.73. The van der Waals surface area contributed by atoms with Gasteiger partial charge in [0.05, 0.1) is 16.6 Å². The quantitative estimate of drug-likeness (QED) is 0.480. The number of imidazole rings is 1. The van der Waals surface area contributed by atoms with E-state index in [1.54, 1.807) is 18.2 Å². The van der Waals surface area contributed by atoms with Crippen molar-refractivity contribution >= 4 is 39.6 Å². The van der Waals surface area contributed by atoms with Crippen molar-refractivity contribution < 1.29 is 27.9 Å². The molecule has 2 aromatic carbocycles. The first kappa shape index (κ1) is 18.4. The SMILES string of the molecule is O=C(Nc1nc2c(C(=O)O)cc(C(F)(F)F)cc2[nH]1)c1cc2ccccc2cn1. The number of halogens is 3. The van der Waals surface area contributed by atoms with E-state index in [2.05, 4.69) is 20.3 Å². The lowest BCUT2D eigenvalue weighted by Crippen LogP contribution is -2.14. The van der Waals surface area contributed by atoms with Crippen LogP contribution in [0.25, 0.3) is 21.8 Å². The second-order valence-electron chi connectivity index (χ2n) is 6.18. The normalized spacial score (nSPS) is 11.7. The average Bonchev–Trinajstić information content (AvgIpc) is 3.08. The maximum Gasteiger partial charge on any atom is 0.416 e. The average molecular weight is 400 g/mol. The van der Waals surface area contributed by atoms with Crippen molar-refractivity contribution in [3.05, 3.63) is 65.5 Å². The summed E-state index contributed by atoms with van der Waals surface area (Å²) in [6.07, 6.45) is -3.22. The number of aromatic amines is 1. The highest BCUT2D eigenvalue weighted by atomic mass is 19.4. The molecule has 0 radical (unpaired) electrons. The fraction of sp³-hybridized carbons (Fsp3) is 0.0526. The Morgan fingerprint density at radius 3 is 2.48 bits per heavy atom. The summed E-state index contributed by atoms with van der Waals surface area (Å²) < 4.78 is 39.1. The van der Waals surface area contributed by atoms with Gasteiger partial charge in [0.1, 0.15) is 11.2 Å². The van der Waals surface area contributed by atoms with E-state index in [-0.39, 0.29) is 22.7 Å². The van der Waals surface area contributed by atoms with Crippen LogP contribution in [0.1, 0.15) is 26.4 Å². The Hall–Kier alpha value is -3.95. The number of aromatic nitrogens is 3. The minimum Gasteiger partial charge on any atom is -0.478 e. The number of carboxylic acid groups (broad SMARTS) is 1. The first-order valence-corrected chi connectivity index (χ1v) is 8.23. The number of rotatable bonds is 3. The molecule has 2 heterocycles. The van der Waals surface area contributed by atoms with Crippen molar-refractivity contribution in [3.8, 4) is 0 Å². The molecule has 1 amide bonds. The molecule has 146 valence electrons. The standard InChI is InChI=1S/C19H11F3N4O3/c20-19(21,22)11-6-12(17(28)29)15-13(7-11)24-18(25-15)26-16(27)14-5-9-3-1-2-4-10(9)8-23-14/h1-8H,(H,28,29)(H2,24,25,26,27). The number of carbonyl (C=O) groups is 2. The smallest absolute Gasteiger partial charge is 0.416 e. The second-order valence-corrected chi connectivity index (χ2v) is 6.18. The van der Waals surface area contributed by atoms with Crippen molar-refractivity contribution in [2.24, 2.45) is 0 Å². The van der Waals surface area contributed by atoms with E-state index < -0.39 is 29.2 Å². The van der Waals surface area contributed by atoms with Crippen LogP contribution in [-0.4, -0.2) is 31.9 Å². The van der Waals surface area contributed by atoms with Crippen LogP contribution >= 0.6 is 0 Å². The number of benzene rings is 2. The molecule has 0 spiro atoms. The van der Waals surface area contributed by atoms with Crippen LogP contribution in [0.15, 0.2) is 48.7 Å². The summed E-state index contributed by atoms with van der Waals surface area (Å²) in [6, 6.07) is 10.0. The summed E-state index contributed by atoms with van der Waals surface area (Å²) in [6.45, 7) is 0. The third kappa shape index (κ3) is 3.47. The number of fused-ring (bicyclic) bond motifs is 2. The van der Waals surface area contributed by atoms with Crippen LogP contribution < -0.4 is 5.32 Å². The maximum absolute atomic E-state index is 13.0. The van der Waals surface area contributed by atoms with Crippen molar-refractivity contribution in [3.63, 3.8) is 0 Å². The molecule has 0 aliphatic carbocycles. The highest BCUT2D eigenvalue weighted by Gasteiger charge is 2.33. The van der Waals surface area contributed by atoms with Gasteiger partial charge in [0.25, 0.3) is 5.91 Å². The lowest BCUT2D eigenvalue weighted by molar-refractivity contribution is -0.137. The molecule has 3 N–H and O–H groups in total. The Balaban J connectivity index is 1.71. The fourth-order valence-corrected chi connectivity index (χ4v) is 2.88. The first-order valence-electron chi connectivity index (χ1n) is 8.23. The Kier molecular flexibility index (Phi) is 4.18. The van der Waals surface area contributed by atoms with E-state index in [0.717, 1.165) is 16.8 Å². The molecule has 0 atom stereocenters. The molecule has 7 nitrogen and oxygen atoms in total. The lowest BCUT2D eigenvalue weighted by Gasteiger charge is -2.07. The Morgan fingerprint density at radius 1 is 1.07 bits per heavy atom. The first-order chi connectivity index (χ1) is 13.7. The Labute approximate surface area is 160 Å². The number of pyridine rings is 1. The predicted molar refractivity (Wildman–Crippen MR) is 97.8 cm³/mol. The number of carboxylic acids is 1. The van der Waals surface area contributed by atoms with Gasteiger partial charge in [-0.15, -0.1) is 0 Å². The molecular formula is C19H11F3N4O3. The molecule has 29 heavy (non-hydrogen) atoms. The molecule has 10 heteroatoms. The lowest BCUT2D eigenvalue weighted by atomic mass is 10.1. The number of H-pyrrole nitrogens is 1. The molecule has 0 fully saturated rings. The van der Waals surface area contributed by atoms with Gasteiger partial charge in [0.15, 0.2) is 0 Å². The van der Waals surface area contributed by atoms with E-state index in [1.165, 1.54) is 6.20 Å². The Bertz CT molecular complexity index is 1280. The van der Waals surface area contributed by atoms with Crippen molar-refractivity contribution in [1.29, 1.82) is 0 Å². The summed E-state index contributed by atoms with van der Waals surface area (Å²) in [5, 5.41) is 13.2. The van der Waals surface area contributed by atoms with Gasteiger partial charge >= 0.3 is 12.1 Å². The largest absolute Gasteiger partial charge is 0.478 e. The van der Waals surface area contributed by atoms with Crippen LogP contribution in [0.4, 0.5) is 19.1 Å². The number of nitrogens with zero attached hydrogens (tertiary/aromatic N) is 2. The zero-order valence-electron chi connectivity index (χ0n) is 14.4. The number of amides is 1. The number of hydrogen-bond donors (Lipinski definition) is 3. The summed E-state index contributed by atoms with van der Waals surface area (Å²) in [7, 11) is 0. The zero-order valence-corrected chi connectivity index (χ0v) is 14.4. The number of alkyl halides is 3. The van der Waals surface area contributed by atoms with E-state index in [0.29, 0.717) is 6.07 Å². The van der Waals surface area contributed by atoms with Gasteiger partial charge in [-0.1, -0.05) is 24.3 Å². The van der Waals surface area contributed by atoms with Crippen LogP contribution in [-0.2, 0) is 6.18 Å². The van der Waals surface area contributed by atoms with E-state index >= 15 is 0 Å². The summed E-state index contributed by atoms with van der Waals surface area (Å²) >= 11 is 0. The van der Waals surface area contributed by atoms with E-state index in [4.69, 9.17) is 0 Å². The second kappa shape index (κ2) is 6.59. The zero-order chi connectivity index (χ0) is 20.8. The molecule has 0 unspecified atom stereocenters. The third-order valence-corrected chi connectivity index (χ3v) is 4.24. The van der Waals surface area contributed by atoms with E-state index in [9.17, 15) is 27.9 Å². The molecular weight excluding hydrogens is 389 g/mol. The van der Waals surface area contributed by atoms with Gasteiger partial charge < -0.3 is 10.1 Å². The molecule has 4 rings (SSSR count). The summed E-state index contributed by atoms with van der Waals surface area (Å²) in [5.41, 5.74) is -2.07. The topological polar surface area (TPSA) is 108 Å². The molecule has 0 aliphatic heterocycles. The van der Waals surface area contributed by atoms with Crippen LogP contribution in [0.3, 0.4) is 0 Å². The number of anilines is 1. The summed E-state index contributed by atoms with van der Waals surface area (Å²) in [5.74, 6) is -2.41. The number of hydrogen-bond acceptors (Lipinski definition) is 4. The Morgan fingerprint density at radius 2 is 1.79 bits per heavy atom. The van der Waals surface area contributed by atoms with Crippen molar-refractivity contribution in [2.45, 2.75) is 6.18 Å².